The lowest BCUT2D eigenvalue weighted by Gasteiger charge is -2.34. The van der Waals surface area contributed by atoms with Crippen LogP contribution in [0.1, 0.15) is 11.1 Å². The lowest BCUT2D eigenvalue weighted by atomic mass is 10.2. The van der Waals surface area contributed by atoms with Gasteiger partial charge in [-0.05, 0) is 29.3 Å². The first-order chi connectivity index (χ1) is 13.2. The number of hydrogen-bond donors (Lipinski definition) is 1. The first kappa shape index (κ1) is 19.3. The zero-order valence-corrected chi connectivity index (χ0v) is 15.5. The minimum absolute atomic E-state index is 0.123. The highest BCUT2D eigenvalue weighted by atomic mass is 19.1. The Balaban J connectivity index is 1.32. The van der Waals surface area contributed by atoms with Crippen molar-refractivity contribution in [3.8, 4) is 0 Å². The smallest absolute Gasteiger partial charge is 0.244 e. The van der Waals surface area contributed by atoms with Gasteiger partial charge in [-0.1, -0.05) is 42.5 Å². The van der Waals surface area contributed by atoms with Crippen molar-refractivity contribution in [2.45, 2.75) is 6.54 Å². The molecule has 4 nitrogen and oxygen atoms in total. The number of piperazine rings is 1. The van der Waals surface area contributed by atoms with Gasteiger partial charge in [0.05, 0.1) is 0 Å². The fourth-order valence-corrected chi connectivity index (χ4v) is 3.15. The predicted octanol–water partition coefficient (Wildman–Crippen LogP) is 2.77. The number of nitrogens with zero attached hydrogens (tertiary/aromatic N) is 2. The Morgan fingerprint density at radius 3 is 2.33 bits per heavy atom. The molecule has 0 saturated carbocycles. The summed E-state index contributed by atoms with van der Waals surface area (Å²) in [4.78, 5) is 16.7. The molecule has 0 aliphatic carbocycles. The Labute approximate surface area is 160 Å². The summed E-state index contributed by atoms with van der Waals surface area (Å²) in [6, 6.07) is 16.6. The average molecular weight is 367 g/mol. The summed E-state index contributed by atoms with van der Waals surface area (Å²) in [6.45, 7) is 6.63. The fraction of sp³-hybridized carbons (Fsp3) is 0.318. The Morgan fingerprint density at radius 1 is 0.963 bits per heavy atom. The lowest BCUT2D eigenvalue weighted by molar-refractivity contribution is -0.116. The van der Waals surface area contributed by atoms with Gasteiger partial charge in [0.1, 0.15) is 5.82 Å². The van der Waals surface area contributed by atoms with E-state index >= 15 is 0 Å². The number of nitrogens with one attached hydrogen (secondary N) is 1. The summed E-state index contributed by atoms with van der Waals surface area (Å²) in [7, 11) is 0. The van der Waals surface area contributed by atoms with Crippen molar-refractivity contribution in [1.29, 1.82) is 0 Å². The third-order valence-corrected chi connectivity index (χ3v) is 4.74. The molecular weight excluding hydrogens is 341 g/mol. The van der Waals surface area contributed by atoms with Crippen LogP contribution < -0.4 is 5.32 Å². The second-order valence-corrected chi connectivity index (χ2v) is 6.78. The van der Waals surface area contributed by atoms with E-state index in [1.807, 2.05) is 6.07 Å². The van der Waals surface area contributed by atoms with E-state index in [4.69, 9.17) is 0 Å². The van der Waals surface area contributed by atoms with Crippen LogP contribution >= 0.6 is 0 Å². The molecule has 0 unspecified atom stereocenters. The van der Waals surface area contributed by atoms with Gasteiger partial charge in [0.15, 0.2) is 0 Å². The van der Waals surface area contributed by atoms with Crippen molar-refractivity contribution in [2.24, 2.45) is 0 Å². The van der Waals surface area contributed by atoms with Gasteiger partial charge >= 0.3 is 0 Å². The molecule has 1 saturated heterocycles. The molecule has 1 heterocycles. The van der Waals surface area contributed by atoms with E-state index in [-0.39, 0.29) is 11.7 Å². The Kier molecular flexibility index (Phi) is 7.13. The first-order valence-corrected chi connectivity index (χ1v) is 9.39. The van der Waals surface area contributed by atoms with E-state index in [0.29, 0.717) is 6.54 Å². The maximum atomic E-state index is 12.9. The Morgan fingerprint density at radius 2 is 1.63 bits per heavy atom. The molecule has 1 N–H and O–H groups in total. The van der Waals surface area contributed by atoms with E-state index < -0.39 is 0 Å². The molecule has 27 heavy (non-hydrogen) atoms. The first-order valence-electron chi connectivity index (χ1n) is 9.39. The summed E-state index contributed by atoms with van der Waals surface area (Å²) in [5.41, 5.74) is 2.16. The zero-order valence-electron chi connectivity index (χ0n) is 15.5. The molecule has 0 aromatic heterocycles. The van der Waals surface area contributed by atoms with Crippen LogP contribution in [-0.4, -0.2) is 55.0 Å². The van der Waals surface area contributed by atoms with Crippen molar-refractivity contribution in [2.75, 3.05) is 39.3 Å². The molecule has 1 amide bonds. The SMILES string of the molecule is O=C(/C=C/c1ccc(F)cc1)NCCN1CCN(Cc2ccccc2)CC1. The third-order valence-electron chi connectivity index (χ3n) is 4.74. The molecule has 3 rings (SSSR count). The summed E-state index contributed by atoms with van der Waals surface area (Å²) >= 11 is 0. The number of halogens is 1. The highest BCUT2D eigenvalue weighted by molar-refractivity contribution is 5.91. The number of amides is 1. The van der Waals surface area contributed by atoms with Gasteiger partial charge in [0.2, 0.25) is 5.91 Å². The molecule has 5 heteroatoms. The van der Waals surface area contributed by atoms with Crippen LogP contribution in [0.2, 0.25) is 0 Å². The van der Waals surface area contributed by atoms with Crippen molar-refractivity contribution >= 4 is 12.0 Å². The van der Waals surface area contributed by atoms with Crippen LogP contribution in [0.15, 0.2) is 60.7 Å². The van der Waals surface area contributed by atoms with Crippen molar-refractivity contribution in [3.05, 3.63) is 77.6 Å². The Hall–Kier alpha value is -2.50. The van der Waals surface area contributed by atoms with Crippen LogP contribution in [-0.2, 0) is 11.3 Å². The molecule has 1 aliphatic rings. The van der Waals surface area contributed by atoms with E-state index in [1.165, 1.54) is 23.8 Å². The molecular formula is C22H26FN3O. The second-order valence-electron chi connectivity index (χ2n) is 6.78. The number of carbonyl (C=O) groups excluding carboxylic acids is 1. The zero-order chi connectivity index (χ0) is 18.9. The quantitative estimate of drug-likeness (QED) is 0.765. The summed E-state index contributed by atoms with van der Waals surface area (Å²) < 4.78 is 12.9. The van der Waals surface area contributed by atoms with E-state index in [9.17, 15) is 9.18 Å². The summed E-state index contributed by atoms with van der Waals surface area (Å²) in [5, 5.41) is 2.91. The van der Waals surface area contributed by atoms with Gasteiger partial charge in [0, 0.05) is 51.9 Å². The van der Waals surface area contributed by atoms with Gasteiger partial charge in [0.25, 0.3) is 0 Å². The van der Waals surface area contributed by atoms with Crippen LogP contribution in [0.4, 0.5) is 4.39 Å². The van der Waals surface area contributed by atoms with Crippen molar-refractivity contribution in [1.82, 2.24) is 15.1 Å². The molecule has 142 valence electrons. The van der Waals surface area contributed by atoms with Crippen LogP contribution in [0.25, 0.3) is 6.08 Å². The third kappa shape index (κ3) is 6.62. The molecule has 2 aromatic rings. The molecule has 0 atom stereocenters. The van der Waals surface area contributed by atoms with Crippen LogP contribution in [0.3, 0.4) is 0 Å². The van der Waals surface area contributed by atoms with Crippen LogP contribution in [0, 0.1) is 5.82 Å². The standard InChI is InChI=1S/C22H26FN3O/c23-21-9-6-19(7-10-21)8-11-22(27)24-12-13-25-14-16-26(17-15-25)18-20-4-2-1-3-5-20/h1-11H,12-18H2,(H,24,27)/b11-8+. The van der Waals surface area contributed by atoms with Gasteiger partial charge in [-0.25, -0.2) is 4.39 Å². The predicted molar refractivity (Wildman–Crippen MR) is 107 cm³/mol. The number of benzene rings is 2. The van der Waals surface area contributed by atoms with Gasteiger partial charge in [-0.15, -0.1) is 0 Å². The Bertz CT molecular complexity index is 738. The van der Waals surface area contributed by atoms with Crippen LogP contribution in [0.5, 0.6) is 0 Å². The highest BCUT2D eigenvalue weighted by Crippen LogP contribution is 2.08. The average Bonchev–Trinajstić information content (AvgIpc) is 2.70. The number of carbonyl (C=O) groups is 1. The number of hydrogen-bond acceptors (Lipinski definition) is 3. The topological polar surface area (TPSA) is 35.6 Å². The summed E-state index contributed by atoms with van der Waals surface area (Å²) in [6.07, 6.45) is 3.18. The monoisotopic (exact) mass is 367 g/mol. The minimum Gasteiger partial charge on any atom is -0.351 e. The minimum atomic E-state index is -0.277. The van der Waals surface area contributed by atoms with E-state index in [1.54, 1.807) is 18.2 Å². The molecule has 0 radical (unpaired) electrons. The highest BCUT2D eigenvalue weighted by Gasteiger charge is 2.16. The largest absolute Gasteiger partial charge is 0.351 e. The van der Waals surface area contributed by atoms with Gasteiger partial charge in [-0.2, -0.15) is 0 Å². The van der Waals surface area contributed by atoms with E-state index in [0.717, 1.165) is 44.8 Å². The van der Waals surface area contributed by atoms with Gasteiger partial charge < -0.3 is 5.32 Å². The molecule has 0 bridgehead atoms. The fourth-order valence-electron chi connectivity index (χ4n) is 3.15. The lowest BCUT2D eigenvalue weighted by Crippen LogP contribution is -2.47. The molecule has 1 fully saturated rings. The molecule has 2 aromatic carbocycles. The van der Waals surface area contributed by atoms with Gasteiger partial charge in [-0.3, -0.25) is 14.6 Å². The van der Waals surface area contributed by atoms with Crippen molar-refractivity contribution < 1.29 is 9.18 Å². The maximum Gasteiger partial charge on any atom is 0.244 e. The van der Waals surface area contributed by atoms with E-state index in [2.05, 4.69) is 39.4 Å². The van der Waals surface area contributed by atoms with Crippen molar-refractivity contribution in [3.63, 3.8) is 0 Å². The second kappa shape index (κ2) is 10.00. The normalized spacial score (nSPS) is 15.9. The summed E-state index contributed by atoms with van der Waals surface area (Å²) in [5.74, 6) is -0.400. The molecule has 1 aliphatic heterocycles. The number of rotatable bonds is 7. The molecule has 0 spiro atoms. The maximum absolute atomic E-state index is 12.9.